The van der Waals surface area contributed by atoms with Crippen LogP contribution in [-0.2, 0) is 0 Å². The Morgan fingerprint density at radius 1 is 1.44 bits per heavy atom. The summed E-state index contributed by atoms with van der Waals surface area (Å²) in [4.78, 5) is 12.7. The standard InChI is InChI=1S/C14H20N4/c1-17-8-7-11(9-17)10-18(2)14-15-12-5-3-4-6-13(12)16-14/h3-6,11H,7-10H2,1-2H3,(H,15,16). The van der Waals surface area contributed by atoms with Crippen LogP contribution in [-0.4, -0.2) is 48.6 Å². The average Bonchev–Trinajstić information content (AvgIpc) is 2.95. The van der Waals surface area contributed by atoms with E-state index < -0.39 is 0 Å². The van der Waals surface area contributed by atoms with E-state index in [-0.39, 0.29) is 0 Å². The van der Waals surface area contributed by atoms with E-state index in [1.54, 1.807) is 0 Å². The highest BCUT2D eigenvalue weighted by Crippen LogP contribution is 2.20. The number of likely N-dealkylation sites (tertiary alicyclic amines) is 1. The normalized spacial score (nSPS) is 20.7. The van der Waals surface area contributed by atoms with Gasteiger partial charge in [-0.3, -0.25) is 0 Å². The lowest BCUT2D eigenvalue weighted by Gasteiger charge is -2.20. The highest BCUT2D eigenvalue weighted by Gasteiger charge is 2.21. The number of benzene rings is 1. The van der Waals surface area contributed by atoms with Crippen LogP contribution < -0.4 is 4.90 Å². The fourth-order valence-electron chi connectivity index (χ4n) is 2.77. The highest BCUT2D eigenvalue weighted by molar-refractivity contribution is 5.77. The molecule has 96 valence electrons. The third-order valence-electron chi connectivity index (χ3n) is 3.76. The number of hydrogen-bond acceptors (Lipinski definition) is 3. The predicted octanol–water partition coefficient (Wildman–Crippen LogP) is 1.95. The zero-order chi connectivity index (χ0) is 12.5. The Balaban J connectivity index is 1.73. The molecule has 1 unspecified atom stereocenters. The fourth-order valence-corrected chi connectivity index (χ4v) is 2.77. The molecule has 2 aromatic rings. The van der Waals surface area contributed by atoms with Crippen LogP contribution in [0.3, 0.4) is 0 Å². The van der Waals surface area contributed by atoms with Gasteiger partial charge >= 0.3 is 0 Å². The molecule has 0 spiro atoms. The lowest BCUT2D eigenvalue weighted by atomic mass is 10.1. The second-order valence-electron chi connectivity index (χ2n) is 5.38. The summed E-state index contributed by atoms with van der Waals surface area (Å²) in [6, 6.07) is 8.19. The van der Waals surface area contributed by atoms with Crippen molar-refractivity contribution in [3.63, 3.8) is 0 Å². The van der Waals surface area contributed by atoms with Crippen molar-refractivity contribution >= 4 is 17.0 Å². The summed E-state index contributed by atoms with van der Waals surface area (Å²) >= 11 is 0. The van der Waals surface area contributed by atoms with Crippen LogP contribution in [0.4, 0.5) is 5.95 Å². The van der Waals surface area contributed by atoms with E-state index in [4.69, 9.17) is 0 Å². The maximum absolute atomic E-state index is 4.63. The fraction of sp³-hybridized carbons (Fsp3) is 0.500. The molecule has 4 heteroatoms. The van der Waals surface area contributed by atoms with E-state index in [1.165, 1.54) is 19.5 Å². The van der Waals surface area contributed by atoms with E-state index in [9.17, 15) is 0 Å². The van der Waals surface area contributed by atoms with Gasteiger partial charge in [-0.15, -0.1) is 0 Å². The third kappa shape index (κ3) is 2.20. The monoisotopic (exact) mass is 244 g/mol. The Morgan fingerprint density at radius 3 is 3.00 bits per heavy atom. The minimum absolute atomic E-state index is 0.758. The van der Waals surface area contributed by atoms with Crippen LogP contribution in [0.1, 0.15) is 6.42 Å². The molecule has 0 saturated carbocycles. The Kier molecular flexibility index (Phi) is 2.96. The van der Waals surface area contributed by atoms with Gasteiger partial charge in [0.25, 0.3) is 0 Å². The smallest absolute Gasteiger partial charge is 0.203 e. The molecule has 0 radical (unpaired) electrons. The Hall–Kier alpha value is -1.55. The van der Waals surface area contributed by atoms with Gasteiger partial charge in [-0.25, -0.2) is 4.98 Å². The number of para-hydroxylation sites is 2. The van der Waals surface area contributed by atoms with E-state index in [0.29, 0.717) is 0 Å². The first-order chi connectivity index (χ1) is 8.72. The molecule has 18 heavy (non-hydrogen) atoms. The molecule has 0 amide bonds. The van der Waals surface area contributed by atoms with E-state index in [2.05, 4.69) is 39.9 Å². The summed E-state index contributed by atoms with van der Waals surface area (Å²) < 4.78 is 0. The second kappa shape index (κ2) is 4.61. The minimum atomic E-state index is 0.758. The number of aromatic amines is 1. The summed E-state index contributed by atoms with van der Waals surface area (Å²) in [5, 5.41) is 0. The largest absolute Gasteiger partial charge is 0.345 e. The Bertz CT molecular complexity index is 500. The molecular weight excluding hydrogens is 224 g/mol. The molecule has 2 heterocycles. The first kappa shape index (κ1) is 11.5. The summed E-state index contributed by atoms with van der Waals surface area (Å²) in [5.74, 6) is 1.74. The Labute approximate surface area is 108 Å². The van der Waals surface area contributed by atoms with Gasteiger partial charge in [0.15, 0.2) is 0 Å². The second-order valence-corrected chi connectivity index (χ2v) is 5.38. The number of fused-ring (bicyclic) bond motifs is 1. The molecule has 1 aliphatic heterocycles. The lowest BCUT2D eigenvalue weighted by Crippen LogP contribution is -2.27. The van der Waals surface area contributed by atoms with Crippen LogP contribution in [0.25, 0.3) is 11.0 Å². The van der Waals surface area contributed by atoms with Crippen molar-refractivity contribution < 1.29 is 0 Å². The van der Waals surface area contributed by atoms with Crippen molar-refractivity contribution in [2.24, 2.45) is 5.92 Å². The maximum atomic E-state index is 4.63. The van der Waals surface area contributed by atoms with Crippen LogP contribution in [0.15, 0.2) is 24.3 Å². The highest BCUT2D eigenvalue weighted by atomic mass is 15.2. The number of imidazole rings is 1. The van der Waals surface area contributed by atoms with Gasteiger partial charge in [0.2, 0.25) is 5.95 Å². The zero-order valence-electron chi connectivity index (χ0n) is 11.1. The Morgan fingerprint density at radius 2 is 2.28 bits per heavy atom. The summed E-state index contributed by atoms with van der Waals surface area (Å²) in [5.41, 5.74) is 2.16. The molecule has 1 atom stereocenters. The average molecular weight is 244 g/mol. The minimum Gasteiger partial charge on any atom is -0.345 e. The topological polar surface area (TPSA) is 35.2 Å². The van der Waals surface area contributed by atoms with Crippen LogP contribution >= 0.6 is 0 Å². The number of anilines is 1. The lowest BCUT2D eigenvalue weighted by molar-refractivity contribution is 0.395. The first-order valence-corrected chi connectivity index (χ1v) is 6.57. The van der Waals surface area contributed by atoms with Gasteiger partial charge < -0.3 is 14.8 Å². The molecule has 1 aliphatic rings. The van der Waals surface area contributed by atoms with Gasteiger partial charge in [-0.05, 0) is 38.1 Å². The molecule has 3 rings (SSSR count). The molecule has 1 aromatic heterocycles. The van der Waals surface area contributed by atoms with Crippen molar-refractivity contribution in [2.75, 3.05) is 38.6 Å². The molecule has 1 fully saturated rings. The van der Waals surface area contributed by atoms with Gasteiger partial charge in [-0.1, -0.05) is 12.1 Å². The third-order valence-corrected chi connectivity index (χ3v) is 3.76. The van der Waals surface area contributed by atoms with Crippen molar-refractivity contribution in [3.05, 3.63) is 24.3 Å². The molecule has 1 N–H and O–H groups in total. The number of nitrogens with zero attached hydrogens (tertiary/aromatic N) is 3. The SMILES string of the molecule is CN1CCC(CN(C)c2nc3ccccc3[nH]2)C1. The van der Waals surface area contributed by atoms with Gasteiger partial charge in [0, 0.05) is 20.1 Å². The summed E-state index contributed by atoms with van der Waals surface area (Å²) in [6.07, 6.45) is 1.29. The molecule has 1 aromatic carbocycles. The number of H-pyrrole nitrogens is 1. The van der Waals surface area contributed by atoms with Crippen molar-refractivity contribution in [2.45, 2.75) is 6.42 Å². The molecular formula is C14H20N4. The van der Waals surface area contributed by atoms with E-state index >= 15 is 0 Å². The zero-order valence-corrected chi connectivity index (χ0v) is 11.1. The molecule has 0 aliphatic carbocycles. The quantitative estimate of drug-likeness (QED) is 0.896. The summed E-state index contributed by atoms with van der Waals surface area (Å²) in [7, 11) is 4.32. The van der Waals surface area contributed by atoms with Crippen LogP contribution in [0.5, 0.6) is 0 Å². The summed E-state index contributed by atoms with van der Waals surface area (Å²) in [6.45, 7) is 3.49. The number of rotatable bonds is 3. The molecule has 1 saturated heterocycles. The van der Waals surface area contributed by atoms with Crippen LogP contribution in [0.2, 0.25) is 0 Å². The number of hydrogen-bond donors (Lipinski definition) is 1. The number of nitrogens with one attached hydrogen (secondary N) is 1. The van der Waals surface area contributed by atoms with Crippen molar-refractivity contribution in [3.8, 4) is 0 Å². The predicted molar refractivity (Wildman–Crippen MR) is 75.0 cm³/mol. The van der Waals surface area contributed by atoms with E-state index in [0.717, 1.165) is 29.4 Å². The van der Waals surface area contributed by atoms with E-state index in [1.807, 2.05) is 18.2 Å². The molecule has 0 bridgehead atoms. The first-order valence-electron chi connectivity index (χ1n) is 6.57. The van der Waals surface area contributed by atoms with Gasteiger partial charge in [0.1, 0.15) is 0 Å². The maximum Gasteiger partial charge on any atom is 0.203 e. The van der Waals surface area contributed by atoms with Crippen molar-refractivity contribution in [1.82, 2.24) is 14.9 Å². The van der Waals surface area contributed by atoms with Gasteiger partial charge in [0.05, 0.1) is 11.0 Å². The molecule has 4 nitrogen and oxygen atoms in total. The number of aromatic nitrogens is 2. The van der Waals surface area contributed by atoms with Crippen LogP contribution in [0, 0.1) is 5.92 Å². The van der Waals surface area contributed by atoms with Gasteiger partial charge in [-0.2, -0.15) is 0 Å². The van der Waals surface area contributed by atoms with Crippen molar-refractivity contribution in [1.29, 1.82) is 0 Å².